The summed E-state index contributed by atoms with van der Waals surface area (Å²) in [6, 6.07) is 0. The molecule has 10 heteroatoms. The number of hydrogen-bond acceptors (Lipinski definition) is 9. The molecule has 0 saturated carbocycles. The Morgan fingerprint density at radius 1 is 1.00 bits per heavy atom. The molecule has 0 saturated heterocycles. The van der Waals surface area contributed by atoms with Gasteiger partial charge in [0.25, 0.3) is 5.95 Å². The van der Waals surface area contributed by atoms with Crippen LogP contribution in [0.2, 0.25) is 0 Å². The molecule has 0 aromatic carbocycles. The molecule has 0 spiro atoms. The standard InChI is InChI=1S/C7H10N6O4/c1-16-6(14)13(7(15)17-2)5-11-3(8)10-4(9)12-5/h1-2H3,(H4,8,9,10,11,12). The fraction of sp³-hybridized carbons (Fsp3) is 0.286. The van der Waals surface area contributed by atoms with Crippen molar-refractivity contribution in [1.29, 1.82) is 0 Å². The first-order valence-corrected chi connectivity index (χ1v) is 4.22. The summed E-state index contributed by atoms with van der Waals surface area (Å²) in [5, 5.41) is 0. The van der Waals surface area contributed by atoms with Crippen molar-refractivity contribution in [2.24, 2.45) is 0 Å². The minimum atomic E-state index is -1.04. The lowest BCUT2D eigenvalue weighted by molar-refractivity contribution is 0.159. The quantitative estimate of drug-likeness (QED) is 0.656. The van der Waals surface area contributed by atoms with E-state index in [4.69, 9.17) is 11.5 Å². The van der Waals surface area contributed by atoms with Crippen molar-refractivity contribution < 1.29 is 19.1 Å². The van der Waals surface area contributed by atoms with Gasteiger partial charge in [-0.3, -0.25) is 0 Å². The minimum absolute atomic E-state index is 0.245. The summed E-state index contributed by atoms with van der Waals surface area (Å²) >= 11 is 0. The molecule has 0 aliphatic rings. The zero-order valence-corrected chi connectivity index (χ0v) is 9.08. The van der Waals surface area contributed by atoms with Gasteiger partial charge in [0, 0.05) is 0 Å². The molecular weight excluding hydrogens is 232 g/mol. The number of methoxy groups -OCH3 is 2. The van der Waals surface area contributed by atoms with Crippen LogP contribution in [0.1, 0.15) is 0 Å². The summed E-state index contributed by atoms with van der Waals surface area (Å²) < 4.78 is 8.75. The lowest BCUT2D eigenvalue weighted by Crippen LogP contribution is -2.38. The van der Waals surface area contributed by atoms with Crippen molar-refractivity contribution >= 4 is 30.0 Å². The summed E-state index contributed by atoms with van der Waals surface area (Å²) in [4.78, 5) is 33.8. The fourth-order valence-corrected chi connectivity index (χ4v) is 0.918. The molecule has 92 valence electrons. The third kappa shape index (κ3) is 2.68. The van der Waals surface area contributed by atoms with Gasteiger partial charge in [-0.1, -0.05) is 0 Å². The third-order valence-corrected chi connectivity index (χ3v) is 1.57. The summed E-state index contributed by atoms with van der Waals surface area (Å²) in [6.07, 6.45) is -2.08. The SMILES string of the molecule is COC(=O)N(C(=O)OC)c1nc(N)nc(N)n1. The number of carbonyl (C=O) groups is 2. The molecule has 0 fully saturated rings. The second-order valence-electron chi connectivity index (χ2n) is 2.63. The highest BCUT2D eigenvalue weighted by molar-refractivity contribution is 6.07. The van der Waals surface area contributed by atoms with Crippen LogP contribution in [0, 0.1) is 0 Å². The Morgan fingerprint density at radius 3 is 1.76 bits per heavy atom. The van der Waals surface area contributed by atoms with Crippen LogP contribution >= 0.6 is 0 Å². The molecule has 0 bridgehead atoms. The summed E-state index contributed by atoms with van der Waals surface area (Å²) in [5.41, 5.74) is 10.6. The molecule has 10 nitrogen and oxygen atoms in total. The predicted octanol–water partition coefficient (Wildman–Crippen LogP) is -0.625. The number of nitrogen functional groups attached to an aromatic ring is 2. The molecule has 0 atom stereocenters. The monoisotopic (exact) mass is 242 g/mol. The van der Waals surface area contributed by atoms with E-state index in [9.17, 15) is 9.59 Å². The molecule has 0 radical (unpaired) electrons. The lowest BCUT2D eigenvalue weighted by Gasteiger charge is -2.15. The van der Waals surface area contributed by atoms with Crippen LogP contribution in [0.4, 0.5) is 27.4 Å². The van der Waals surface area contributed by atoms with Crippen LogP contribution in [-0.4, -0.2) is 41.4 Å². The first-order chi connectivity index (χ1) is 7.99. The van der Waals surface area contributed by atoms with Gasteiger partial charge in [0.05, 0.1) is 14.2 Å². The number of hydrogen-bond donors (Lipinski definition) is 2. The van der Waals surface area contributed by atoms with Crippen molar-refractivity contribution in [3.05, 3.63) is 0 Å². The molecule has 1 heterocycles. The van der Waals surface area contributed by atoms with E-state index < -0.39 is 12.2 Å². The molecule has 0 aliphatic heterocycles. The Morgan fingerprint density at radius 2 is 1.41 bits per heavy atom. The number of carbonyl (C=O) groups excluding carboxylic acids is 2. The Kier molecular flexibility index (Phi) is 3.59. The van der Waals surface area contributed by atoms with Crippen LogP contribution in [0.15, 0.2) is 0 Å². The highest BCUT2D eigenvalue weighted by Gasteiger charge is 2.28. The molecule has 17 heavy (non-hydrogen) atoms. The summed E-state index contributed by atoms with van der Waals surface area (Å²) in [7, 11) is 2.15. The van der Waals surface area contributed by atoms with Gasteiger partial charge in [0.1, 0.15) is 0 Å². The van der Waals surface area contributed by atoms with Crippen molar-refractivity contribution in [1.82, 2.24) is 15.0 Å². The molecule has 4 N–H and O–H groups in total. The molecule has 0 aliphatic carbocycles. The van der Waals surface area contributed by atoms with Gasteiger partial charge in [0.2, 0.25) is 11.9 Å². The number of anilines is 3. The van der Waals surface area contributed by atoms with Crippen LogP contribution in [-0.2, 0) is 9.47 Å². The van der Waals surface area contributed by atoms with E-state index in [1.54, 1.807) is 0 Å². The maximum Gasteiger partial charge on any atom is 0.426 e. The van der Waals surface area contributed by atoms with Gasteiger partial charge in [-0.2, -0.15) is 15.0 Å². The maximum atomic E-state index is 11.4. The van der Waals surface area contributed by atoms with Crippen LogP contribution in [0.5, 0.6) is 0 Å². The van der Waals surface area contributed by atoms with Crippen LogP contribution in [0.25, 0.3) is 0 Å². The highest BCUT2D eigenvalue weighted by Crippen LogP contribution is 2.12. The first kappa shape index (κ1) is 12.4. The number of imide groups is 1. The van der Waals surface area contributed by atoms with E-state index >= 15 is 0 Å². The zero-order valence-electron chi connectivity index (χ0n) is 9.08. The van der Waals surface area contributed by atoms with Gasteiger partial charge in [-0.15, -0.1) is 4.90 Å². The smallest absolute Gasteiger partial charge is 0.426 e. The number of aromatic nitrogens is 3. The van der Waals surface area contributed by atoms with E-state index in [1.165, 1.54) is 0 Å². The molecule has 1 aromatic rings. The number of amides is 2. The molecular formula is C7H10N6O4. The second-order valence-corrected chi connectivity index (χ2v) is 2.63. The zero-order chi connectivity index (χ0) is 13.0. The van der Waals surface area contributed by atoms with Crippen molar-refractivity contribution in [3.63, 3.8) is 0 Å². The number of nitrogens with zero attached hydrogens (tertiary/aromatic N) is 4. The molecule has 0 unspecified atom stereocenters. The summed E-state index contributed by atoms with van der Waals surface area (Å²) in [6.45, 7) is 0. The van der Waals surface area contributed by atoms with Crippen LogP contribution in [0.3, 0.4) is 0 Å². The first-order valence-electron chi connectivity index (χ1n) is 4.22. The van der Waals surface area contributed by atoms with E-state index in [-0.39, 0.29) is 17.8 Å². The number of rotatable bonds is 1. The molecule has 2 amide bonds. The van der Waals surface area contributed by atoms with Crippen LogP contribution < -0.4 is 16.4 Å². The largest absolute Gasteiger partial charge is 0.452 e. The van der Waals surface area contributed by atoms with Gasteiger partial charge >= 0.3 is 12.2 Å². The minimum Gasteiger partial charge on any atom is -0.452 e. The van der Waals surface area contributed by atoms with Crippen molar-refractivity contribution in [2.75, 3.05) is 30.6 Å². The predicted molar refractivity (Wildman–Crippen MR) is 55.9 cm³/mol. The lowest BCUT2D eigenvalue weighted by atomic mass is 10.7. The Bertz CT molecular complexity index is 414. The second kappa shape index (κ2) is 4.92. The van der Waals surface area contributed by atoms with Gasteiger partial charge < -0.3 is 20.9 Å². The third-order valence-electron chi connectivity index (χ3n) is 1.57. The van der Waals surface area contributed by atoms with Crippen molar-refractivity contribution in [2.45, 2.75) is 0 Å². The number of ether oxygens (including phenoxy) is 2. The average molecular weight is 242 g/mol. The Labute approximate surface area is 95.5 Å². The molecule has 1 aromatic heterocycles. The van der Waals surface area contributed by atoms with Gasteiger partial charge in [-0.05, 0) is 0 Å². The average Bonchev–Trinajstić information content (AvgIpc) is 2.27. The molecule has 1 rings (SSSR count). The van der Waals surface area contributed by atoms with E-state index in [1.807, 2.05) is 0 Å². The Hall–Kier alpha value is -2.65. The number of nitrogens with two attached hydrogens (primary N) is 2. The normalized spacial score (nSPS) is 9.53. The fourth-order valence-electron chi connectivity index (χ4n) is 0.918. The van der Waals surface area contributed by atoms with E-state index in [0.29, 0.717) is 4.90 Å². The maximum absolute atomic E-state index is 11.4. The Balaban J connectivity index is 3.21. The van der Waals surface area contributed by atoms with Gasteiger partial charge in [-0.25, -0.2) is 9.59 Å². The van der Waals surface area contributed by atoms with Gasteiger partial charge in [0.15, 0.2) is 0 Å². The van der Waals surface area contributed by atoms with E-state index in [0.717, 1.165) is 14.2 Å². The topological polar surface area (TPSA) is 147 Å². The van der Waals surface area contributed by atoms with Crippen molar-refractivity contribution in [3.8, 4) is 0 Å². The van der Waals surface area contributed by atoms with E-state index in [2.05, 4.69) is 24.4 Å². The highest BCUT2D eigenvalue weighted by atomic mass is 16.6. The summed E-state index contributed by atoms with van der Waals surface area (Å²) in [5.74, 6) is -0.871.